The van der Waals surface area contributed by atoms with Crippen LogP contribution in [0.4, 0.5) is 0 Å². The van der Waals surface area contributed by atoms with E-state index in [1.165, 1.54) is 11.1 Å². The number of rotatable bonds is 4. The van der Waals surface area contributed by atoms with Gasteiger partial charge < -0.3 is 14.6 Å². The number of nitrogens with one attached hydrogen (secondary N) is 1. The van der Waals surface area contributed by atoms with Crippen molar-refractivity contribution in [2.24, 2.45) is 0 Å². The summed E-state index contributed by atoms with van der Waals surface area (Å²) in [5.41, 5.74) is 3.22. The first-order valence-corrected chi connectivity index (χ1v) is 8.62. The minimum Gasteiger partial charge on any atom is -0.451 e. The van der Waals surface area contributed by atoms with E-state index in [-0.39, 0.29) is 5.91 Å². The summed E-state index contributed by atoms with van der Waals surface area (Å²) >= 11 is 0. The Morgan fingerprint density at radius 2 is 1.91 bits per heavy atom. The fourth-order valence-corrected chi connectivity index (χ4v) is 3.36. The second kappa shape index (κ2) is 6.75. The number of furan rings is 1. The molecule has 1 N–H and O–H groups in total. The van der Waals surface area contributed by atoms with Gasteiger partial charge >= 0.3 is 0 Å². The fraction of sp³-hybridized carbons (Fsp3) is 0.526. The Balaban J connectivity index is 1.89. The largest absolute Gasteiger partial charge is 0.451 e. The van der Waals surface area contributed by atoms with Crippen LogP contribution in [0.25, 0.3) is 11.0 Å². The molecule has 1 amide bonds. The van der Waals surface area contributed by atoms with Crippen LogP contribution in [0.3, 0.4) is 0 Å². The van der Waals surface area contributed by atoms with Crippen molar-refractivity contribution < 1.29 is 9.21 Å². The molecule has 2 aromatic rings. The number of amides is 1. The molecule has 4 heteroatoms. The Bertz CT molecular complexity index is 660. The maximum atomic E-state index is 13.0. The third kappa shape index (κ3) is 3.27. The van der Waals surface area contributed by atoms with Crippen molar-refractivity contribution in [3.8, 4) is 0 Å². The molecule has 1 aromatic carbocycles. The Morgan fingerprint density at radius 3 is 2.61 bits per heavy atom. The summed E-state index contributed by atoms with van der Waals surface area (Å²) < 4.78 is 5.88. The number of fused-ring (bicyclic) bond motifs is 1. The minimum atomic E-state index is 0.0326. The molecule has 0 unspecified atom stereocenters. The number of piperidine rings is 1. The number of nitrogens with zero attached hydrogens (tertiary/aromatic N) is 1. The van der Waals surface area contributed by atoms with E-state index in [2.05, 4.69) is 32.2 Å². The third-order valence-corrected chi connectivity index (χ3v) is 4.82. The van der Waals surface area contributed by atoms with Crippen molar-refractivity contribution in [1.29, 1.82) is 0 Å². The summed E-state index contributed by atoms with van der Waals surface area (Å²) in [5, 5.41) is 4.38. The van der Waals surface area contributed by atoms with E-state index in [9.17, 15) is 4.79 Å². The van der Waals surface area contributed by atoms with Crippen molar-refractivity contribution >= 4 is 16.9 Å². The number of aryl methyl sites for hydroxylation is 2. The van der Waals surface area contributed by atoms with Gasteiger partial charge in [0.05, 0.1) is 0 Å². The second-order valence-electron chi connectivity index (χ2n) is 6.56. The zero-order chi connectivity index (χ0) is 16.4. The zero-order valence-electron chi connectivity index (χ0n) is 14.3. The van der Waals surface area contributed by atoms with E-state index < -0.39 is 0 Å². The van der Waals surface area contributed by atoms with Gasteiger partial charge in [0, 0.05) is 18.0 Å². The Labute approximate surface area is 137 Å². The van der Waals surface area contributed by atoms with Crippen LogP contribution < -0.4 is 5.32 Å². The summed E-state index contributed by atoms with van der Waals surface area (Å²) in [6.07, 6.45) is 3.00. The lowest BCUT2D eigenvalue weighted by Crippen LogP contribution is -2.46. The van der Waals surface area contributed by atoms with E-state index in [0.717, 1.165) is 49.9 Å². The van der Waals surface area contributed by atoms with E-state index in [0.29, 0.717) is 11.8 Å². The van der Waals surface area contributed by atoms with Gasteiger partial charge in [-0.3, -0.25) is 4.79 Å². The predicted molar refractivity (Wildman–Crippen MR) is 92.9 cm³/mol. The van der Waals surface area contributed by atoms with Gasteiger partial charge in [-0.2, -0.15) is 0 Å². The summed E-state index contributed by atoms with van der Waals surface area (Å²) in [7, 11) is 0. The first kappa shape index (κ1) is 16.1. The van der Waals surface area contributed by atoms with Crippen LogP contribution in [0.5, 0.6) is 0 Å². The Kier molecular flexibility index (Phi) is 4.71. The van der Waals surface area contributed by atoms with E-state index >= 15 is 0 Å². The highest BCUT2D eigenvalue weighted by atomic mass is 16.3. The molecule has 3 rings (SSSR count). The minimum absolute atomic E-state index is 0.0326. The zero-order valence-corrected chi connectivity index (χ0v) is 14.3. The maximum absolute atomic E-state index is 13.0. The van der Waals surface area contributed by atoms with Gasteiger partial charge in [0.25, 0.3) is 5.91 Å². The molecule has 1 fully saturated rings. The van der Waals surface area contributed by atoms with Gasteiger partial charge in [0.1, 0.15) is 5.58 Å². The summed E-state index contributed by atoms with van der Waals surface area (Å²) in [4.78, 5) is 15.0. The quantitative estimate of drug-likeness (QED) is 0.937. The first-order valence-electron chi connectivity index (χ1n) is 8.62. The maximum Gasteiger partial charge on any atom is 0.289 e. The van der Waals surface area contributed by atoms with Gasteiger partial charge in [-0.1, -0.05) is 6.92 Å². The van der Waals surface area contributed by atoms with E-state index in [4.69, 9.17) is 4.42 Å². The molecule has 0 saturated carbocycles. The van der Waals surface area contributed by atoms with Crippen LogP contribution in [-0.4, -0.2) is 36.5 Å². The summed E-state index contributed by atoms with van der Waals surface area (Å²) in [5.74, 6) is 0.502. The molecule has 1 aromatic heterocycles. The molecule has 0 spiro atoms. The van der Waals surface area contributed by atoms with Crippen LogP contribution >= 0.6 is 0 Å². The van der Waals surface area contributed by atoms with E-state index in [1.807, 2.05) is 17.0 Å². The lowest BCUT2D eigenvalue weighted by atomic mass is 10.0. The molecule has 1 aliphatic heterocycles. The fourth-order valence-electron chi connectivity index (χ4n) is 3.36. The molecule has 1 aliphatic rings. The van der Waals surface area contributed by atoms with Gasteiger partial charge in [-0.25, -0.2) is 0 Å². The summed E-state index contributed by atoms with van der Waals surface area (Å²) in [6, 6.07) is 6.34. The molecular weight excluding hydrogens is 288 g/mol. The number of hydrogen-bond donors (Lipinski definition) is 1. The highest BCUT2D eigenvalue weighted by molar-refractivity contribution is 5.96. The van der Waals surface area contributed by atoms with Gasteiger partial charge in [-0.05, 0) is 75.5 Å². The topological polar surface area (TPSA) is 45.5 Å². The highest BCUT2D eigenvalue weighted by Crippen LogP contribution is 2.25. The Morgan fingerprint density at radius 1 is 1.22 bits per heavy atom. The second-order valence-corrected chi connectivity index (χ2v) is 6.56. The third-order valence-electron chi connectivity index (χ3n) is 4.82. The van der Waals surface area contributed by atoms with Crippen molar-refractivity contribution in [3.05, 3.63) is 35.1 Å². The molecule has 124 valence electrons. The molecule has 0 bridgehead atoms. The van der Waals surface area contributed by atoms with Gasteiger partial charge in [-0.15, -0.1) is 0 Å². The van der Waals surface area contributed by atoms with Gasteiger partial charge in [0.2, 0.25) is 0 Å². The first-order chi connectivity index (χ1) is 11.1. The molecule has 0 atom stereocenters. The average Bonchev–Trinajstić information content (AvgIpc) is 2.96. The molecular formula is C19H26N2O2. The molecule has 0 aliphatic carbocycles. The normalized spacial score (nSPS) is 16.0. The predicted octanol–water partition coefficient (Wildman–Crippen LogP) is 3.65. The standard InChI is InChI=1S/C19H26N2O2/c1-4-9-21(16-5-7-20-8-6-16)19(22)18-12-15-10-13(2)14(3)11-17(15)23-18/h10-12,16,20H,4-9H2,1-3H3. The van der Waals surface area contributed by atoms with Crippen LogP contribution in [0, 0.1) is 13.8 Å². The molecule has 1 saturated heterocycles. The number of hydrogen-bond acceptors (Lipinski definition) is 3. The molecule has 4 nitrogen and oxygen atoms in total. The van der Waals surface area contributed by atoms with Gasteiger partial charge in [0.15, 0.2) is 5.76 Å². The van der Waals surface area contributed by atoms with Crippen LogP contribution in [0.1, 0.15) is 47.9 Å². The number of carbonyl (C=O) groups is 1. The van der Waals surface area contributed by atoms with Crippen LogP contribution in [0.2, 0.25) is 0 Å². The Hall–Kier alpha value is -1.81. The van der Waals surface area contributed by atoms with Crippen molar-refractivity contribution in [1.82, 2.24) is 10.2 Å². The lowest BCUT2D eigenvalue weighted by molar-refractivity contribution is 0.0612. The summed E-state index contributed by atoms with van der Waals surface area (Å²) in [6.45, 7) is 9.03. The van der Waals surface area contributed by atoms with Crippen LogP contribution in [0.15, 0.2) is 22.6 Å². The van der Waals surface area contributed by atoms with Crippen molar-refractivity contribution in [2.75, 3.05) is 19.6 Å². The molecule has 23 heavy (non-hydrogen) atoms. The smallest absolute Gasteiger partial charge is 0.289 e. The average molecular weight is 314 g/mol. The number of carbonyl (C=O) groups excluding carboxylic acids is 1. The molecule has 0 radical (unpaired) electrons. The lowest BCUT2D eigenvalue weighted by Gasteiger charge is -2.34. The van der Waals surface area contributed by atoms with Crippen molar-refractivity contribution in [2.45, 2.75) is 46.1 Å². The van der Waals surface area contributed by atoms with E-state index in [1.54, 1.807) is 0 Å². The monoisotopic (exact) mass is 314 g/mol. The van der Waals surface area contributed by atoms with Crippen LogP contribution in [-0.2, 0) is 0 Å². The van der Waals surface area contributed by atoms with Crippen molar-refractivity contribution in [3.63, 3.8) is 0 Å². The number of benzene rings is 1. The SMILES string of the molecule is CCCN(C(=O)c1cc2cc(C)c(C)cc2o1)C1CCNCC1. The molecule has 2 heterocycles. The highest BCUT2D eigenvalue weighted by Gasteiger charge is 2.27.